The number of primary amides is 1. The fourth-order valence-corrected chi connectivity index (χ4v) is 3.06. The first-order valence-electron chi connectivity index (χ1n) is 9.39. The van der Waals surface area contributed by atoms with Crippen LogP contribution in [0.15, 0.2) is 34.7 Å². The van der Waals surface area contributed by atoms with E-state index in [2.05, 4.69) is 12.2 Å². The number of aryl methyl sites for hydroxylation is 1. The molecule has 1 aromatic carbocycles. The highest BCUT2D eigenvalue weighted by atomic mass is 16.5. The summed E-state index contributed by atoms with van der Waals surface area (Å²) in [4.78, 5) is 23.0. The summed E-state index contributed by atoms with van der Waals surface area (Å²) < 4.78 is 16.4. The van der Waals surface area contributed by atoms with E-state index in [1.165, 1.54) is 13.5 Å². The van der Waals surface area contributed by atoms with E-state index in [0.717, 1.165) is 17.1 Å². The monoisotopic (exact) mass is 386 g/mol. The molecule has 3 N–H and O–H groups in total. The minimum atomic E-state index is -0.561. The molecule has 1 saturated carbocycles. The lowest BCUT2D eigenvalue weighted by atomic mass is 10.2. The zero-order valence-corrected chi connectivity index (χ0v) is 16.2. The molecule has 1 aliphatic carbocycles. The maximum Gasteiger partial charge on any atom is 0.255 e. The molecule has 0 radical (unpaired) electrons. The zero-order chi connectivity index (χ0) is 20.1. The summed E-state index contributed by atoms with van der Waals surface area (Å²) in [6, 6.07) is 9.23. The molecule has 28 heavy (non-hydrogen) atoms. The number of rotatable bonds is 10. The lowest BCUT2D eigenvalue weighted by Gasteiger charge is -2.11. The van der Waals surface area contributed by atoms with Crippen LogP contribution in [0.5, 0.6) is 11.5 Å². The van der Waals surface area contributed by atoms with Crippen LogP contribution in [-0.2, 0) is 22.6 Å². The Kier molecular flexibility index (Phi) is 6.23. The van der Waals surface area contributed by atoms with Crippen LogP contribution in [0, 0.1) is 5.92 Å². The first-order valence-corrected chi connectivity index (χ1v) is 9.39. The smallest absolute Gasteiger partial charge is 0.255 e. The normalized spacial score (nSPS) is 17.8. The highest BCUT2D eigenvalue weighted by molar-refractivity contribution is 5.76. The van der Waals surface area contributed by atoms with Crippen LogP contribution in [0.3, 0.4) is 0 Å². The van der Waals surface area contributed by atoms with E-state index in [4.69, 9.17) is 19.6 Å². The number of ether oxygens (including phenoxy) is 2. The van der Waals surface area contributed by atoms with Crippen molar-refractivity contribution in [1.82, 2.24) is 5.32 Å². The third-order valence-corrected chi connectivity index (χ3v) is 4.84. The highest BCUT2D eigenvalue weighted by Gasteiger charge is 2.36. The summed E-state index contributed by atoms with van der Waals surface area (Å²) >= 11 is 0. The first-order chi connectivity index (χ1) is 13.5. The molecule has 0 saturated heterocycles. The lowest BCUT2D eigenvalue weighted by Crippen LogP contribution is -2.23. The van der Waals surface area contributed by atoms with E-state index >= 15 is 0 Å². The van der Waals surface area contributed by atoms with Crippen LogP contribution in [0.1, 0.15) is 42.8 Å². The summed E-state index contributed by atoms with van der Waals surface area (Å²) in [7, 11) is 1.51. The van der Waals surface area contributed by atoms with Crippen LogP contribution >= 0.6 is 0 Å². The molecule has 0 aliphatic heterocycles. The average molecular weight is 386 g/mol. The Balaban J connectivity index is 1.46. The Morgan fingerprint density at radius 2 is 2.04 bits per heavy atom. The van der Waals surface area contributed by atoms with Crippen LogP contribution in [-0.4, -0.2) is 25.5 Å². The van der Waals surface area contributed by atoms with E-state index in [-0.39, 0.29) is 12.5 Å². The topological polar surface area (TPSA) is 104 Å². The average Bonchev–Trinajstić information content (AvgIpc) is 3.23. The molecule has 7 nitrogen and oxygen atoms in total. The van der Waals surface area contributed by atoms with Gasteiger partial charge in [-0.15, -0.1) is 0 Å². The van der Waals surface area contributed by atoms with Gasteiger partial charge in [0.05, 0.1) is 7.11 Å². The number of benzene rings is 1. The summed E-state index contributed by atoms with van der Waals surface area (Å²) in [5, 5.41) is 2.89. The largest absolute Gasteiger partial charge is 0.493 e. The second-order valence-corrected chi connectivity index (χ2v) is 7.14. The molecule has 1 aromatic heterocycles. The van der Waals surface area contributed by atoms with Gasteiger partial charge in [0, 0.05) is 25.3 Å². The number of nitrogens with two attached hydrogens (primary N) is 1. The summed E-state index contributed by atoms with van der Waals surface area (Å²) in [5.74, 6) is 3.43. The van der Waals surface area contributed by atoms with Gasteiger partial charge in [-0.3, -0.25) is 9.59 Å². The van der Waals surface area contributed by atoms with Gasteiger partial charge in [-0.1, -0.05) is 13.0 Å². The molecular weight excluding hydrogens is 360 g/mol. The fraction of sp³-hybridized carbons (Fsp3) is 0.429. The first kappa shape index (κ1) is 19.8. The zero-order valence-electron chi connectivity index (χ0n) is 16.2. The van der Waals surface area contributed by atoms with Crippen molar-refractivity contribution >= 4 is 11.8 Å². The molecule has 0 spiro atoms. The second-order valence-electron chi connectivity index (χ2n) is 7.14. The Hall–Kier alpha value is -2.96. The van der Waals surface area contributed by atoms with Crippen LogP contribution in [0.25, 0.3) is 0 Å². The molecular formula is C21H26N2O5. The van der Waals surface area contributed by atoms with Crippen molar-refractivity contribution in [2.24, 2.45) is 11.7 Å². The van der Waals surface area contributed by atoms with Gasteiger partial charge in [-0.05, 0) is 42.2 Å². The molecule has 1 fully saturated rings. The molecule has 3 rings (SSSR count). The van der Waals surface area contributed by atoms with E-state index in [1.807, 2.05) is 12.1 Å². The number of nitrogens with one attached hydrogen (secondary N) is 1. The van der Waals surface area contributed by atoms with Crippen molar-refractivity contribution in [3.63, 3.8) is 0 Å². The lowest BCUT2D eigenvalue weighted by molar-refractivity contribution is -0.121. The van der Waals surface area contributed by atoms with E-state index in [9.17, 15) is 9.59 Å². The van der Waals surface area contributed by atoms with Gasteiger partial charge in [0.2, 0.25) is 5.91 Å². The highest BCUT2D eigenvalue weighted by Crippen LogP contribution is 2.47. The number of carbonyl (C=O) groups is 2. The van der Waals surface area contributed by atoms with Crippen LogP contribution in [0.2, 0.25) is 0 Å². The van der Waals surface area contributed by atoms with Gasteiger partial charge in [0.15, 0.2) is 18.1 Å². The molecule has 2 amide bonds. The number of amides is 2. The molecule has 0 bridgehead atoms. The standard InChI is InChI=1S/C21H26N2O5/c1-13-9-16(13)17-7-4-15(28-17)5-8-21(25)23-11-14-3-6-18(19(10-14)26-2)27-12-20(22)24/h3-4,6-7,10,13,16H,5,8-9,11-12H2,1-2H3,(H2,22,24)(H,23,25). The van der Waals surface area contributed by atoms with Crippen molar-refractivity contribution in [3.8, 4) is 11.5 Å². The number of hydrogen-bond acceptors (Lipinski definition) is 5. The van der Waals surface area contributed by atoms with Crippen molar-refractivity contribution in [1.29, 1.82) is 0 Å². The Morgan fingerprint density at radius 3 is 2.71 bits per heavy atom. The number of carbonyl (C=O) groups excluding carboxylic acids is 2. The number of furan rings is 1. The summed E-state index contributed by atoms with van der Waals surface area (Å²) in [5.41, 5.74) is 5.94. The van der Waals surface area contributed by atoms with Crippen molar-refractivity contribution in [2.75, 3.05) is 13.7 Å². The van der Waals surface area contributed by atoms with E-state index in [0.29, 0.717) is 42.7 Å². The predicted molar refractivity (Wildman–Crippen MR) is 103 cm³/mol. The van der Waals surface area contributed by atoms with Crippen molar-refractivity contribution in [2.45, 2.75) is 38.6 Å². The van der Waals surface area contributed by atoms with Gasteiger partial charge in [0.1, 0.15) is 11.5 Å². The molecule has 2 unspecified atom stereocenters. The van der Waals surface area contributed by atoms with Gasteiger partial charge >= 0.3 is 0 Å². The molecule has 1 aliphatic rings. The van der Waals surface area contributed by atoms with Gasteiger partial charge < -0.3 is 24.9 Å². The van der Waals surface area contributed by atoms with Crippen LogP contribution < -0.4 is 20.5 Å². The van der Waals surface area contributed by atoms with E-state index in [1.54, 1.807) is 18.2 Å². The molecule has 150 valence electrons. The SMILES string of the molecule is COc1cc(CNC(=O)CCc2ccc(C3CC3C)o2)ccc1OCC(N)=O. The van der Waals surface area contributed by atoms with Gasteiger partial charge in [-0.25, -0.2) is 0 Å². The van der Waals surface area contributed by atoms with Gasteiger partial charge in [0.25, 0.3) is 5.91 Å². The quantitative estimate of drug-likeness (QED) is 0.653. The molecule has 2 atom stereocenters. The van der Waals surface area contributed by atoms with Crippen molar-refractivity contribution < 1.29 is 23.5 Å². The summed E-state index contributed by atoms with van der Waals surface area (Å²) in [6.45, 7) is 2.36. The van der Waals surface area contributed by atoms with E-state index < -0.39 is 5.91 Å². The maximum atomic E-state index is 12.1. The third-order valence-electron chi connectivity index (χ3n) is 4.84. The maximum absolute atomic E-state index is 12.1. The van der Waals surface area contributed by atoms with Crippen molar-refractivity contribution in [3.05, 3.63) is 47.4 Å². The predicted octanol–water partition coefficient (Wildman–Crippen LogP) is 2.52. The minimum absolute atomic E-state index is 0.0502. The Labute approximate surface area is 164 Å². The molecule has 1 heterocycles. The fourth-order valence-electron chi connectivity index (χ4n) is 3.06. The number of methoxy groups -OCH3 is 1. The minimum Gasteiger partial charge on any atom is -0.493 e. The third kappa shape index (κ3) is 5.28. The second kappa shape index (κ2) is 8.82. The van der Waals surface area contributed by atoms with Gasteiger partial charge in [-0.2, -0.15) is 0 Å². The Morgan fingerprint density at radius 1 is 1.25 bits per heavy atom. The van der Waals surface area contributed by atoms with Crippen LogP contribution in [0.4, 0.5) is 0 Å². The summed E-state index contributed by atoms with van der Waals surface area (Å²) in [6.07, 6.45) is 2.13. The number of hydrogen-bond donors (Lipinski definition) is 2. The Bertz CT molecular complexity index is 845. The molecule has 7 heteroatoms. The molecule has 2 aromatic rings.